The number of ketones is 1. The van der Waals surface area contributed by atoms with Gasteiger partial charge in [0.05, 0.1) is 0 Å². The van der Waals surface area contributed by atoms with E-state index in [1.807, 2.05) is 6.08 Å². The highest BCUT2D eigenvalue weighted by Crippen LogP contribution is 2.32. The van der Waals surface area contributed by atoms with E-state index in [0.717, 1.165) is 18.8 Å². The third-order valence-corrected chi connectivity index (χ3v) is 4.67. The van der Waals surface area contributed by atoms with Gasteiger partial charge in [-0.05, 0) is 63.4 Å². The average molecular weight is 234 g/mol. The van der Waals surface area contributed by atoms with Gasteiger partial charge in [-0.3, -0.25) is 4.79 Å². The molecule has 0 aromatic carbocycles. The first kappa shape index (κ1) is 12.9. The molecule has 0 amide bonds. The van der Waals surface area contributed by atoms with Crippen molar-refractivity contribution in [3.05, 3.63) is 11.6 Å². The highest BCUT2D eigenvalue weighted by molar-refractivity contribution is 5.92. The Balaban J connectivity index is 1.84. The molecule has 2 aliphatic carbocycles. The Morgan fingerprint density at radius 2 is 1.76 bits per heavy atom. The molecule has 0 bridgehead atoms. The second-order valence-corrected chi connectivity index (χ2v) is 5.89. The lowest BCUT2D eigenvalue weighted by atomic mass is 9.78. The Hall–Kier alpha value is -0.590. The maximum Gasteiger partial charge on any atom is 0.158 e. The fraction of sp³-hybridized carbons (Fsp3) is 0.812. The van der Waals surface area contributed by atoms with Crippen LogP contribution in [0.15, 0.2) is 11.6 Å². The fourth-order valence-electron chi connectivity index (χ4n) is 3.32. The van der Waals surface area contributed by atoms with Gasteiger partial charge >= 0.3 is 0 Å². The van der Waals surface area contributed by atoms with E-state index in [1.165, 1.54) is 56.9 Å². The van der Waals surface area contributed by atoms with Crippen molar-refractivity contribution in [1.82, 2.24) is 0 Å². The van der Waals surface area contributed by atoms with Crippen LogP contribution in [0.4, 0.5) is 0 Å². The van der Waals surface area contributed by atoms with Crippen molar-refractivity contribution in [2.24, 2.45) is 11.8 Å². The van der Waals surface area contributed by atoms with E-state index >= 15 is 0 Å². The zero-order valence-electron chi connectivity index (χ0n) is 11.2. The third kappa shape index (κ3) is 3.69. The van der Waals surface area contributed by atoms with Gasteiger partial charge in [-0.2, -0.15) is 0 Å². The van der Waals surface area contributed by atoms with Gasteiger partial charge in [-0.25, -0.2) is 0 Å². The number of hydrogen-bond donors (Lipinski definition) is 0. The van der Waals surface area contributed by atoms with Crippen molar-refractivity contribution in [3.8, 4) is 0 Å². The maximum atomic E-state index is 12.2. The smallest absolute Gasteiger partial charge is 0.158 e. The van der Waals surface area contributed by atoms with E-state index in [0.29, 0.717) is 11.7 Å². The molecule has 0 aromatic rings. The maximum absolute atomic E-state index is 12.2. The quantitative estimate of drug-likeness (QED) is 0.649. The lowest BCUT2D eigenvalue weighted by Crippen LogP contribution is -2.20. The largest absolute Gasteiger partial charge is 0.295 e. The van der Waals surface area contributed by atoms with Crippen LogP contribution in [0.3, 0.4) is 0 Å². The van der Waals surface area contributed by atoms with Gasteiger partial charge in [0.1, 0.15) is 0 Å². The van der Waals surface area contributed by atoms with Crippen LogP contribution < -0.4 is 0 Å². The molecule has 0 atom stereocenters. The highest BCUT2D eigenvalue weighted by atomic mass is 16.1. The third-order valence-electron chi connectivity index (χ3n) is 4.67. The fourth-order valence-corrected chi connectivity index (χ4v) is 3.32. The van der Waals surface area contributed by atoms with Crippen LogP contribution >= 0.6 is 0 Å². The molecule has 17 heavy (non-hydrogen) atoms. The van der Waals surface area contributed by atoms with E-state index in [1.54, 1.807) is 0 Å². The molecule has 2 saturated carbocycles. The molecule has 0 spiro atoms. The van der Waals surface area contributed by atoms with Gasteiger partial charge in [-0.15, -0.1) is 0 Å². The minimum absolute atomic E-state index is 0.354. The molecule has 0 radical (unpaired) electrons. The summed E-state index contributed by atoms with van der Waals surface area (Å²) in [5.74, 6) is 1.69. The summed E-state index contributed by atoms with van der Waals surface area (Å²) in [4.78, 5) is 12.2. The molecule has 0 saturated heterocycles. The summed E-state index contributed by atoms with van der Waals surface area (Å²) in [6.45, 7) is 2.27. The van der Waals surface area contributed by atoms with Crippen LogP contribution in [0.25, 0.3) is 0 Å². The topological polar surface area (TPSA) is 17.1 Å². The molecule has 0 N–H and O–H groups in total. The molecule has 96 valence electrons. The number of carbonyl (C=O) groups excluding carboxylic acids is 1. The first-order valence-electron chi connectivity index (χ1n) is 7.53. The van der Waals surface area contributed by atoms with Gasteiger partial charge in [0.25, 0.3) is 0 Å². The molecule has 1 heteroatoms. The summed E-state index contributed by atoms with van der Waals surface area (Å²) in [5.41, 5.74) is 1.43. The monoisotopic (exact) mass is 234 g/mol. The zero-order valence-corrected chi connectivity index (χ0v) is 11.2. The molecule has 1 nitrogen and oxygen atoms in total. The number of allylic oxidation sites excluding steroid dienone is 2. The minimum Gasteiger partial charge on any atom is -0.295 e. The number of rotatable bonds is 3. The molecular weight excluding hydrogens is 208 g/mol. The van der Waals surface area contributed by atoms with E-state index in [-0.39, 0.29) is 0 Å². The van der Waals surface area contributed by atoms with Crippen LogP contribution in [0.2, 0.25) is 0 Å². The Bertz CT molecular complexity index is 274. The summed E-state index contributed by atoms with van der Waals surface area (Å²) >= 11 is 0. The Morgan fingerprint density at radius 1 is 1.12 bits per heavy atom. The predicted octanol–water partition coefficient (Wildman–Crippen LogP) is 4.66. The van der Waals surface area contributed by atoms with Gasteiger partial charge < -0.3 is 0 Å². The highest BCUT2D eigenvalue weighted by Gasteiger charge is 2.24. The van der Waals surface area contributed by atoms with Crippen LogP contribution in [-0.2, 0) is 4.79 Å². The van der Waals surface area contributed by atoms with Crippen molar-refractivity contribution in [3.63, 3.8) is 0 Å². The summed E-state index contributed by atoms with van der Waals surface area (Å²) in [6.07, 6.45) is 14.4. The normalized spacial score (nSPS) is 30.1. The predicted molar refractivity (Wildman–Crippen MR) is 71.9 cm³/mol. The second kappa shape index (κ2) is 6.37. The first-order chi connectivity index (χ1) is 8.29. The minimum atomic E-state index is 0.354. The van der Waals surface area contributed by atoms with E-state index in [4.69, 9.17) is 0 Å². The van der Waals surface area contributed by atoms with Crippen molar-refractivity contribution in [1.29, 1.82) is 0 Å². The number of hydrogen-bond acceptors (Lipinski definition) is 1. The molecule has 0 heterocycles. The van der Waals surface area contributed by atoms with Gasteiger partial charge in [0.2, 0.25) is 0 Å². The SMILES string of the molecule is CCC1CCC(C(=O)C=C2CCCCC2)CC1. The summed E-state index contributed by atoms with van der Waals surface area (Å²) in [5, 5.41) is 0. The van der Waals surface area contributed by atoms with Crippen molar-refractivity contribution < 1.29 is 4.79 Å². The van der Waals surface area contributed by atoms with Gasteiger partial charge in [-0.1, -0.05) is 25.3 Å². The van der Waals surface area contributed by atoms with Crippen LogP contribution in [-0.4, -0.2) is 5.78 Å². The number of carbonyl (C=O) groups is 1. The van der Waals surface area contributed by atoms with E-state index < -0.39 is 0 Å². The van der Waals surface area contributed by atoms with Gasteiger partial charge in [0, 0.05) is 5.92 Å². The molecule has 2 rings (SSSR count). The lowest BCUT2D eigenvalue weighted by molar-refractivity contribution is -0.119. The van der Waals surface area contributed by atoms with Gasteiger partial charge in [0.15, 0.2) is 5.78 Å². The molecule has 0 unspecified atom stereocenters. The van der Waals surface area contributed by atoms with Crippen molar-refractivity contribution in [2.75, 3.05) is 0 Å². The Morgan fingerprint density at radius 3 is 2.35 bits per heavy atom. The molecule has 0 aliphatic heterocycles. The Labute approximate surface area is 106 Å². The van der Waals surface area contributed by atoms with Crippen LogP contribution in [0.5, 0.6) is 0 Å². The van der Waals surface area contributed by atoms with Crippen LogP contribution in [0.1, 0.15) is 71.1 Å². The lowest BCUT2D eigenvalue weighted by Gasteiger charge is -2.26. The van der Waals surface area contributed by atoms with E-state index in [9.17, 15) is 4.79 Å². The summed E-state index contributed by atoms with van der Waals surface area (Å²) in [6, 6.07) is 0. The molecule has 2 fully saturated rings. The molecular formula is C16H26O. The second-order valence-electron chi connectivity index (χ2n) is 5.89. The average Bonchev–Trinajstić information content (AvgIpc) is 2.40. The first-order valence-corrected chi connectivity index (χ1v) is 7.53. The summed E-state index contributed by atoms with van der Waals surface area (Å²) in [7, 11) is 0. The molecule has 0 aromatic heterocycles. The van der Waals surface area contributed by atoms with Crippen molar-refractivity contribution in [2.45, 2.75) is 71.1 Å². The standard InChI is InChI=1S/C16H26O/c1-2-13-8-10-15(11-9-13)16(17)12-14-6-4-3-5-7-14/h12-13,15H,2-11H2,1H3. The van der Waals surface area contributed by atoms with Crippen molar-refractivity contribution >= 4 is 5.78 Å². The van der Waals surface area contributed by atoms with Crippen LogP contribution in [0, 0.1) is 11.8 Å². The summed E-state index contributed by atoms with van der Waals surface area (Å²) < 4.78 is 0. The van der Waals surface area contributed by atoms with E-state index in [2.05, 4.69) is 6.92 Å². The zero-order chi connectivity index (χ0) is 12.1. The molecule has 2 aliphatic rings. The Kier molecular flexibility index (Phi) is 4.82.